The van der Waals surface area contributed by atoms with E-state index < -0.39 is 0 Å². The van der Waals surface area contributed by atoms with Gasteiger partial charge in [0.1, 0.15) is 5.82 Å². The molecule has 1 aromatic heterocycles. The molecule has 3 rings (SSSR count). The fourth-order valence-corrected chi connectivity index (χ4v) is 4.04. The van der Waals surface area contributed by atoms with Gasteiger partial charge in [-0.25, -0.2) is 4.98 Å². The van der Waals surface area contributed by atoms with Crippen LogP contribution in [0.15, 0.2) is 29.4 Å². The van der Waals surface area contributed by atoms with Crippen LogP contribution in [0.5, 0.6) is 0 Å². The molecule has 2 saturated heterocycles. The number of aromatic nitrogens is 1. The van der Waals surface area contributed by atoms with Gasteiger partial charge in [0.25, 0.3) is 0 Å². The third-order valence-electron chi connectivity index (χ3n) is 5.63. The Labute approximate surface area is 164 Å². The van der Waals surface area contributed by atoms with Crippen molar-refractivity contribution in [3.63, 3.8) is 0 Å². The zero-order valence-electron chi connectivity index (χ0n) is 17.1. The number of nitrogens with zero attached hydrogens (tertiary/aromatic N) is 5. The van der Waals surface area contributed by atoms with Gasteiger partial charge in [-0.2, -0.15) is 0 Å². The van der Waals surface area contributed by atoms with Crippen LogP contribution in [0.25, 0.3) is 0 Å². The van der Waals surface area contributed by atoms with Gasteiger partial charge in [-0.05, 0) is 63.9 Å². The topological polar surface area (TPSA) is 47.0 Å². The average Bonchev–Trinajstić information content (AvgIpc) is 2.73. The molecule has 6 nitrogen and oxygen atoms in total. The van der Waals surface area contributed by atoms with Crippen molar-refractivity contribution in [2.24, 2.45) is 10.9 Å². The van der Waals surface area contributed by atoms with Gasteiger partial charge in [0.05, 0.1) is 0 Å². The lowest BCUT2D eigenvalue weighted by Crippen LogP contribution is -2.53. The second kappa shape index (κ2) is 10.5. The Morgan fingerprint density at radius 2 is 1.89 bits per heavy atom. The Bertz CT molecular complexity index is 559. The second-order valence-corrected chi connectivity index (χ2v) is 7.64. The van der Waals surface area contributed by atoms with Crippen molar-refractivity contribution >= 4 is 11.8 Å². The normalized spacial score (nSPS) is 20.1. The van der Waals surface area contributed by atoms with Gasteiger partial charge in [-0.3, -0.25) is 4.99 Å². The monoisotopic (exact) mass is 372 g/mol. The zero-order valence-corrected chi connectivity index (χ0v) is 17.1. The highest BCUT2D eigenvalue weighted by atomic mass is 15.4. The largest absolute Gasteiger partial charge is 0.357 e. The molecular formula is C21H36N6. The van der Waals surface area contributed by atoms with Crippen molar-refractivity contribution in [1.82, 2.24) is 20.1 Å². The Morgan fingerprint density at radius 1 is 1.11 bits per heavy atom. The molecular weight excluding hydrogens is 336 g/mol. The molecule has 3 heterocycles. The van der Waals surface area contributed by atoms with Crippen LogP contribution in [0.4, 0.5) is 5.82 Å². The Balaban J connectivity index is 1.49. The van der Waals surface area contributed by atoms with Crippen LogP contribution in [0.3, 0.4) is 0 Å². The fraction of sp³-hybridized carbons (Fsp3) is 0.714. The van der Waals surface area contributed by atoms with E-state index in [0.717, 1.165) is 57.0 Å². The lowest BCUT2D eigenvalue weighted by Gasteiger charge is -2.37. The number of aliphatic imine (C=N–C) groups is 1. The minimum Gasteiger partial charge on any atom is -0.357 e. The van der Waals surface area contributed by atoms with Crippen LogP contribution in [-0.4, -0.2) is 79.6 Å². The number of piperazine rings is 1. The molecule has 1 aromatic rings. The summed E-state index contributed by atoms with van der Waals surface area (Å²) in [6.45, 7) is 14.0. The molecule has 0 radical (unpaired) electrons. The SMILES string of the molecule is CCCN1CCC(CN=C(NCC)N2CCN(c3ccccn3)CC2)CC1. The van der Waals surface area contributed by atoms with E-state index in [0.29, 0.717) is 0 Å². The van der Waals surface area contributed by atoms with E-state index in [2.05, 4.69) is 51.0 Å². The predicted octanol–water partition coefficient (Wildman–Crippen LogP) is 2.29. The highest BCUT2D eigenvalue weighted by Crippen LogP contribution is 2.18. The second-order valence-electron chi connectivity index (χ2n) is 7.64. The molecule has 0 aliphatic carbocycles. The molecule has 2 fully saturated rings. The third kappa shape index (κ3) is 5.83. The van der Waals surface area contributed by atoms with Crippen LogP contribution in [0.2, 0.25) is 0 Å². The number of nitrogens with one attached hydrogen (secondary N) is 1. The van der Waals surface area contributed by atoms with Gasteiger partial charge in [-0.1, -0.05) is 13.0 Å². The minimum absolute atomic E-state index is 0.738. The summed E-state index contributed by atoms with van der Waals surface area (Å²) in [7, 11) is 0. The van der Waals surface area contributed by atoms with Gasteiger partial charge >= 0.3 is 0 Å². The van der Waals surface area contributed by atoms with Crippen molar-refractivity contribution in [1.29, 1.82) is 0 Å². The van der Waals surface area contributed by atoms with Gasteiger partial charge in [0.15, 0.2) is 5.96 Å². The number of hydrogen-bond acceptors (Lipinski definition) is 4. The highest BCUT2D eigenvalue weighted by molar-refractivity contribution is 5.80. The van der Waals surface area contributed by atoms with Crippen molar-refractivity contribution < 1.29 is 0 Å². The van der Waals surface area contributed by atoms with Crippen LogP contribution < -0.4 is 10.2 Å². The van der Waals surface area contributed by atoms with Crippen molar-refractivity contribution in [2.75, 3.05) is 63.8 Å². The Kier molecular flexibility index (Phi) is 7.75. The molecule has 2 aliphatic rings. The molecule has 27 heavy (non-hydrogen) atoms. The standard InChI is InChI=1S/C21H36N6/c1-3-11-25-12-8-19(9-13-25)18-24-21(22-4-2)27-16-14-26(15-17-27)20-7-5-6-10-23-20/h5-7,10,19H,3-4,8-9,11-18H2,1-2H3,(H,22,24). The molecule has 0 atom stereocenters. The number of hydrogen-bond donors (Lipinski definition) is 1. The molecule has 0 spiro atoms. The van der Waals surface area contributed by atoms with Crippen LogP contribution >= 0.6 is 0 Å². The zero-order chi connectivity index (χ0) is 18.9. The molecule has 2 aliphatic heterocycles. The van der Waals surface area contributed by atoms with Crippen LogP contribution in [0.1, 0.15) is 33.1 Å². The lowest BCUT2D eigenvalue weighted by molar-refractivity contribution is 0.188. The van der Waals surface area contributed by atoms with Crippen LogP contribution in [-0.2, 0) is 0 Å². The number of likely N-dealkylation sites (tertiary alicyclic amines) is 1. The molecule has 1 N–H and O–H groups in total. The quantitative estimate of drug-likeness (QED) is 0.613. The molecule has 0 bridgehead atoms. The van der Waals surface area contributed by atoms with Crippen LogP contribution in [0, 0.1) is 5.92 Å². The molecule has 0 aromatic carbocycles. The first-order chi connectivity index (χ1) is 13.3. The maximum Gasteiger partial charge on any atom is 0.194 e. The number of pyridine rings is 1. The number of guanidine groups is 1. The van der Waals surface area contributed by atoms with E-state index in [-0.39, 0.29) is 0 Å². The molecule has 0 amide bonds. The summed E-state index contributed by atoms with van der Waals surface area (Å²) in [4.78, 5) is 16.9. The smallest absolute Gasteiger partial charge is 0.194 e. The first-order valence-corrected chi connectivity index (χ1v) is 10.7. The number of piperidine rings is 1. The first kappa shape index (κ1) is 19.9. The summed E-state index contributed by atoms with van der Waals surface area (Å²) in [6.07, 6.45) is 5.71. The van der Waals surface area contributed by atoms with Crippen molar-refractivity contribution in [3.05, 3.63) is 24.4 Å². The van der Waals surface area contributed by atoms with E-state index in [1.165, 1.54) is 38.9 Å². The highest BCUT2D eigenvalue weighted by Gasteiger charge is 2.22. The Hall–Kier alpha value is -1.82. The Morgan fingerprint density at radius 3 is 2.52 bits per heavy atom. The lowest BCUT2D eigenvalue weighted by atomic mass is 9.97. The summed E-state index contributed by atoms with van der Waals surface area (Å²) in [5.41, 5.74) is 0. The first-order valence-electron chi connectivity index (χ1n) is 10.7. The van der Waals surface area contributed by atoms with E-state index in [1.807, 2.05) is 12.3 Å². The van der Waals surface area contributed by atoms with Crippen molar-refractivity contribution in [2.45, 2.75) is 33.1 Å². The molecule has 6 heteroatoms. The van der Waals surface area contributed by atoms with Gasteiger partial charge < -0.3 is 20.0 Å². The average molecular weight is 373 g/mol. The van der Waals surface area contributed by atoms with Gasteiger partial charge in [-0.15, -0.1) is 0 Å². The summed E-state index contributed by atoms with van der Waals surface area (Å²) < 4.78 is 0. The molecule has 0 unspecified atom stereocenters. The fourth-order valence-electron chi connectivity index (χ4n) is 4.04. The predicted molar refractivity (Wildman–Crippen MR) is 113 cm³/mol. The van der Waals surface area contributed by atoms with Gasteiger partial charge in [0, 0.05) is 45.5 Å². The van der Waals surface area contributed by atoms with Crippen molar-refractivity contribution in [3.8, 4) is 0 Å². The summed E-state index contributed by atoms with van der Waals surface area (Å²) in [5, 5.41) is 3.51. The minimum atomic E-state index is 0.738. The summed E-state index contributed by atoms with van der Waals surface area (Å²) in [6, 6.07) is 6.13. The van der Waals surface area contributed by atoms with E-state index in [9.17, 15) is 0 Å². The maximum atomic E-state index is 5.01. The van der Waals surface area contributed by atoms with E-state index >= 15 is 0 Å². The summed E-state index contributed by atoms with van der Waals surface area (Å²) in [5.74, 6) is 2.91. The third-order valence-corrected chi connectivity index (χ3v) is 5.63. The van der Waals surface area contributed by atoms with E-state index in [4.69, 9.17) is 4.99 Å². The summed E-state index contributed by atoms with van der Waals surface area (Å²) >= 11 is 0. The van der Waals surface area contributed by atoms with E-state index in [1.54, 1.807) is 0 Å². The van der Waals surface area contributed by atoms with Gasteiger partial charge in [0.2, 0.25) is 0 Å². The molecule has 0 saturated carbocycles. The maximum absolute atomic E-state index is 5.01. The number of rotatable bonds is 6. The number of anilines is 1. The molecule has 150 valence electrons.